The molecule has 5 rings (SSSR count). The molecule has 3 aliphatic rings. The minimum Gasteiger partial charge on any atom is -0.494 e. The van der Waals surface area contributed by atoms with E-state index in [1.54, 1.807) is 5.56 Å². The molecule has 32 heavy (non-hydrogen) atoms. The normalized spacial score (nSPS) is 28.9. The van der Waals surface area contributed by atoms with Gasteiger partial charge in [0.1, 0.15) is 5.75 Å². The van der Waals surface area contributed by atoms with Gasteiger partial charge in [0.25, 0.3) is 0 Å². The van der Waals surface area contributed by atoms with Crippen LogP contribution in [0.5, 0.6) is 5.75 Å². The van der Waals surface area contributed by atoms with Crippen molar-refractivity contribution in [3.05, 3.63) is 59.7 Å². The topological polar surface area (TPSA) is 21.3 Å². The summed E-state index contributed by atoms with van der Waals surface area (Å²) in [6.45, 7) is 7.88. The molecule has 0 bridgehead atoms. The second-order valence-electron chi connectivity index (χ2n) is 11.6. The maximum Gasteiger partial charge on any atom is 0.119 e. The quantitative estimate of drug-likeness (QED) is 0.468. The van der Waals surface area contributed by atoms with Crippen molar-refractivity contribution >= 4 is 5.69 Å². The van der Waals surface area contributed by atoms with Crippen LogP contribution in [0.3, 0.4) is 0 Å². The largest absolute Gasteiger partial charge is 0.494 e. The van der Waals surface area contributed by atoms with Crippen LogP contribution in [-0.2, 0) is 10.8 Å². The van der Waals surface area contributed by atoms with Crippen LogP contribution < -0.4 is 10.1 Å². The van der Waals surface area contributed by atoms with Crippen molar-refractivity contribution in [2.45, 2.75) is 101 Å². The summed E-state index contributed by atoms with van der Waals surface area (Å²) in [6, 6.07) is 17.7. The first-order valence-electron chi connectivity index (χ1n) is 13.1. The second-order valence-corrected chi connectivity index (χ2v) is 11.6. The van der Waals surface area contributed by atoms with Gasteiger partial charge in [-0.15, -0.1) is 0 Å². The summed E-state index contributed by atoms with van der Waals surface area (Å²) in [5.41, 5.74) is 5.36. The van der Waals surface area contributed by atoms with Gasteiger partial charge >= 0.3 is 0 Å². The molecular formula is C30H41NO. The van der Waals surface area contributed by atoms with Gasteiger partial charge < -0.3 is 10.1 Å². The summed E-state index contributed by atoms with van der Waals surface area (Å²) in [7, 11) is 0. The van der Waals surface area contributed by atoms with Crippen molar-refractivity contribution in [3.63, 3.8) is 0 Å². The van der Waals surface area contributed by atoms with Crippen molar-refractivity contribution in [1.82, 2.24) is 0 Å². The van der Waals surface area contributed by atoms with Crippen LogP contribution in [0.4, 0.5) is 5.69 Å². The van der Waals surface area contributed by atoms with Gasteiger partial charge in [0.15, 0.2) is 0 Å². The van der Waals surface area contributed by atoms with Gasteiger partial charge in [0.2, 0.25) is 0 Å². The number of anilines is 1. The summed E-state index contributed by atoms with van der Waals surface area (Å²) in [5, 5.41) is 4.19. The van der Waals surface area contributed by atoms with Crippen LogP contribution >= 0.6 is 0 Å². The van der Waals surface area contributed by atoms with Crippen molar-refractivity contribution in [2.24, 2.45) is 5.92 Å². The Kier molecular flexibility index (Phi) is 5.76. The molecule has 0 radical (unpaired) electrons. The molecule has 1 heterocycles. The molecular weight excluding hydrogens is 390 g/mol. The fraction of sp³-hybridized carbons (Fsp3) is 0.600. The maximum absolute atomic E-state index is 6.00. The third-order valence-electron chi connectivity index (χ3n) is 8.83. The number of unbranched alkanes of at least 4 members (excludes halogenated alkanes) is 1. The summed E-state index contributed by atoms with van der Waals surface area (Å²) in [6.07, 6.45) is 13.3. The number of ether oxygens (including phenoxy) is 1. The van der Waals surface area contributed by atoms with Gasteiger partial charge in [0, 0.05) is 16.6 Å². The Labute approximate surface area is 195 Å². The minimum absolute atomic E-state index is 0.199. The maximum atomic E-state index is 6.00. The predicted molar refractivity (Wildman–Crippen MR) is 135 cm³/mol. The molecule has 2 fully saturated rings. The zero-order chi connectivity index (χ0) is 22.2. The highest BCUT2D eigenvalue weighted by molar-refractivity contribution is 5.67. The molecule has 0 unspecified atom stereocenters. The molecule has 0 amide bonds. The lowest BCUT2D eigenvalue weighted by Crippen LogP contribution is -2.59. The van der Waals surface area contributed by atoms with E-state index in [0.717, 1.165) is 24.7 Å². The Morgan fingerprint density at radius 2 is 1.75 bits per heavy atom. The van der Waals surface area contributed by atoms with E-state index in [1.165, 1.54) is 69.0 Å². The highest BCUT2D eigenvalue weighted by Gasteiger charge is 2.62. The molecule has 2 aromatic rings. The number of hydrogen-bond donors (Lipinski definition) is 1. The van der Waals surface area contributed by atoms with Gasteiger partial charge in [-0.1, -0.05) is 70.4 Å². The lowest BCUT2D eigenvalue weighted by Gasteiger charge is -2.57. The van der Waals surface area contributed by atoms with Gasteiger partial charge in [-0.2, -0.15) is 0 Å². The summed E-state index contributed by atoms with van der Waals surface area (Å²) in [4.78, 5) is 0. The van der Waals surface area contributed by atoms with Crippen molar-refractivity contribution in [2.75, 3.05) is 11.9 Å². The summed E-state index contributed by atoms with van der Waals surface area (Å²) < 4.78 is 6.00. The van der Waals surface area contributed by atoms with Crippen LogP contribution in [-0.4, -0.2) is 12.1 Å². The standard InChI is InChI=1S/C30H41NO/c1-28(2,3)24-16-17-27-26(22-24)30-20-8-7-12-23(30)13-11-19-29(30,31-27)18-9-10-21-32-25-14-5-4-6-15-25/h4-6,14-17,22-23,31H,7-13,18-21H2,1-3H3/t23-,29+,30-/m0/s1. The van der Waals surface area contributed by atoms with Crippen LogP contribution in [0.2, 0.25) is 0 Å². The van der Waals surface area contributed by atoms with Crippen molar-refractivity contribution in [1.29, 1.82) is 0 Å². The third-order valence-corrected chi connectivity index (χ3v) is 8.83. The number of benzene rings is 2. The third kappa shape index (κ3) is 3.64. The first-order valence-corrected chi connectivity index (χ1v) is 13.1. The first kappa shape index (κ1) is 21.9. The SMILES string of the molecule is CC(C)(C)c1ccc2c(c1)[C@]13CCCC[C@H]1CCC[C@@]3(CCCCOc1ccccc1)N2. The number of nitrogens with one attached hydrogen (secondary N) is 1. The minimum atomic E-state index is 0.199. The van der Waals surface area contributed by atoms with Gasteiger partial charge in [0.05, 0.1) is 6.61 Å². The van der Waals surface area contributed by atoms with Crippen LogP contribution in [0, 0.1) is 5.92 Å². The lowest BCUT2D eigenvalue weighted by molar-refractivity contribution is 0.0509. The molecule has 0 saturated heterocycles. The predicted octanol–water partition coefficient (Wildman–Crippen LogP) is 8.01. The van der Waals surface area contributed by atoms with Gasteiger partial charge in [-0.05, 0) is 85.6 Å². The number of hydrogen-bond acceptors (Lipinski definition) is 2. The number of fused-ring (bicyclic) bond motifs is 1. The summed E-state index contributed by atoms with van der Waals surface area (Å²) in [5.74, 6) is 1.84. The molecule has 2 nitrogen and oxygen atoms in total. The van der Waals surface area contributed by atoms with E-state index in [2.05, 4.69) is 68.6 Å². The van der Waals surface area contributed by atoms with E-state index in [0.29, 0.717) is 5.41 Å². The van der Waals surface area contributed by atoms with Gasteiger partial charge in [-0.3, -0.25) is 0 Å². The van der Waals surface area contributed by atoms with E-state index in [-0.39, 0.29) is 11.0 Å². The molecule has 2 aliphatic carbocycles. The van der Waals surface area contributed by atoms with E-state index in [4.69, 9.17) is 4.74 Å². The van der Waals surface area contributed by atoms with Crippen molar-refractivity contribution in [3.8, 4) is 5.75 Å². The molecule has 2 heteroatoms. The van der Waals surface area contributed by atoms with Crippen LogP contribution in [0.1, 0.15) is 96.1 Å². The van der Waals surface area contributed by atoms with Crippen LogP contribution in [0.25, 0.3) is 0 Å². The highest BCUT2D eigenvalue weighted by atomic mass is 16.5. The molecule has 3 atom stereocenters. The smallest absolute Gasteiger partial charge is 0.119 e. The zero-order valence-electron chi connectivity index (χ0n) is 20.4. The van der Waals surface area contributed by atoms with E-state index >= 15 is 0 Å². The monoisotopic (exact) mass is 431 g/mol. The average Bonchev–Trinajstić information content (AvgIpc) is 3.07. The molecule has 0 aromatic heterocycles. The number of para-hydroxylation sites is 1. The highest BCUT2D eigenvalue weighted by Crippen LogP contribution is 2.64. The average molecular weight is 432 g/mol. The van der Waals surface area contributed by atoms with E-state index < -0.39 is 0 Å². The molecule has 2 saturated carbocycles. The lowest BCUT2D eigenvalue weighted by atomic mass is 9.49. The Morgan fingerprint density at radius 1 is 0.938 bits per heavy atom. The second kappa shape index (κ2) is 8.43. The van der Waals surface area contributed by atoms with E-state index in [9.17, 15) is 0 Å². The molecule has 1 N–H and O–H groups in total. The molecule has 2 aromatic carbocycles. The Hall–Kier alpha value is -1.96. The number of rotatable bonds is 6. The Balaban J connectivity index is 1.39. The van der Waals surface area contributed by atoms with Crippen molar-refractivity contribution < 1.29 is 4.74 Å². The fourth-order valence-corrected chi connectivity index (χ4v) is 7.32. The summed E-state index contributed by atoms with van der Waals surface area (Å²) >= 11 is 0. The van der Waals surface area contributed by atoms with Crippen LogP contribution in [0.15, 0.2) is 48.5 Å². The van der Waals surface area contributed by atoms with Gasteiger partial charge in [-0.25, -0.2) is 0 Å². The Bertz CT molecular complexity index is 928. The zero-order valence-corrected chi connectivity index (χ0v) is 20.4. The molecule has 1 spiro atoms. The fourth-order valence-electron chi connectivity index (χ4n) is 7.32. The molecule has 1 aliphatic heterocycles. The first-order chi connectivity index (χ1) is 15.4. The molecule has 172 valence electrons. The van der Waals surface area contributed by atoms with E-state index in [1.807, 2.05) is 6.07 Å². The Morgan fingerprint density at radius 3 is 2.56 bits per heavy atom.